The summed E-state index contributed by atoms with van der Waals surface area (Å²) in [5, 5.41) is 1.53. The summed E-state index contributed by atoms with van der Waals surface area (Å²) in [6.45, 7) is 2.04. The van der Waals surface area contributed by atoms with Gasteiger partial charge in [0.15, 0.2) is 5.11 Å². The van der Waals surface area contributed by atoms with Crippen molar-refractivity contribution in [1.82, 2.24) is 9.88 Å². The molecule has 0 aliphatic carbocycles. The Morgan fingerprint density at radius 2 is 2.04 bits per heavy atom. The molecule has 2 aromatic carbocycles. The Bertz CT molecular complexity index is 1130. The molecule has 1 saturated heterocycles. The molecular formula is C20H15ClFN3OS. The van der Waals surface area contributed by atoms with Crippen LogP contribution in [-0.2, 0) is 11.2 Å². The van der Waals surface area contributed by atoms with Gasteiger partial charge < -0.3 is 9.88 Å². The molecule has 1 amide bonds. The summed E-state index contributed by atoms with van der Waals surface area (Å²) >= 11 is 11.6. The van der Waals surface area contributed by atoms with Crippen LogP contribution in [0.4, 0.5) is 10.1 Å². The number of benzene rings is 2. The molecule has 7 heteroatoms. The standard InChI is InChI=1S/C20H15ClFN3OS/c1-10-18-13(12-4-2-3-5-16(12)23-18)9-17-19(26)25(20(27)24(10)17)11-6-7-15(22)14(21)8-11/h2-8,10,17,23H,9H2,1H3. The number of aromatic amines is 1. The van der Waals surface area contributed by atoms with E-state index in [9.17, 15) is 9.18 Å². The smallest absolute Gasteiger partial charge is 0.256 e. The van der Waals surface area contributed by atoms with E-state index in [4.69, 9.17) is 23.8 Å². The first-order valence-corrected chi connectivity index (χ1v) is 9.47. The van der Waals surface area contributed by atoms with Gasteiger partial charge in [0.1, 0.15) is 11.9 Å². The summed E-state index contributed by atoms with van der Waals surface area (Å²) in [4.78, 5) is 20.1. The average Bonchev–Trinajstić information content (AvgIpc) is 3.14. The molecule has 1 N–H and O–H groups in total. The first-order valence-electron chi connectivity index (χ1n) is 8.68. The van der Waals surface area contributed by atoms with Crippen LogP contribution < -0.4 is 4.90 Å². The second-order valence-electron chi connectivity index (χ2n) is 6.92. The molecule has 2 aliphatic heterocycles. The number of aromatic nitrogens is 1. The fourth-order valence-electron chi connectivity index (χ4n) is 4.22. The lowest BCUT2D eigenvalue weighted by Gasteiger charge is -2.34. The quantitative estimate of drug-likeness (QED) is 0.609. The van der Waals surface area contributed by atoms with Gasteiger partial charge in [-0.3, -0.25) is 9.69 Å². The second-order valence-corrected chi connectivity index (χ2v) is 7.69. The number of thiocarbonyl (C=S) groups is 1. The zero-order valence-corrected chi connectivity index (χ0v) is 15.9. The van der Waals surface area contributed by atoms with Gasteiger partial charge in [0, 0.05) is 23.0 Å². The van der Waals surface area contributed by atoms with Crippen molar-refractivity contribution < 1.29 is 9.18 Å². The zero-order chi connectivity index (χ0) is 18.9. The van der Waals surface area contributed by atoms with Gasteiger partial charge in [-0.15, -0.1) is 0 Å². The molecular weight excluding hydrogens is 385 g/mol. The lowest BCUT2D eigenvalue weighted by Crippen LogP contribution is -2.42. The lowest BCUT2D eigenvalue weighted by molar-refractivity contribution is -0.120. The molecule has 2 aliphatic rings. The van der Waals surface area contributed by atoms with Crippen LogP contribution in [0.2, 0.25) is 5.02 Å². The van der Waals surface area contributed by atoms with Crippen LogP contribution in [0.1, 0.15) is 24.2 Å². The molecule has 3 heterocycles. The van der Waals surface area contributed by atoms with E-state index in [1.54, 1.807) is 0 Å². The topological polar surface area (TPSA) is 39.3 Å². The highest BCUT2D eigenvalue weighted by atomic mass is 35.5. The molecule has 0 saturated carbocycles. The van der Waals surface area contributed by atoms with Gasteiger partial charge in [-0.25, -0.2) is 4.39 Å². The van der Waals surface area contributed by atoms with E-state index in [2.05, 4.69) is 11.1 Å². The number of hydrogen-bond donors (Lipinski definition) is 1. The number of halogens is 2. The largest absolute Gasteiger partial charge is 0.356 e. The minimum absolute atomic E-state index is 0.0303. The SMILES string of the molecule is CC1c2[nH]c3ccccc3c2CC2C(=O)N(c3ccc(F)c(Cl)c3)C(=S)N21. The van der Waals surface area contributed by atoms with Crippen LogP contribution in [0.25, 0.3) is 10.9 Å². The normalized spacial score (nSPS) is 21.7. The lowest BCUT2D eigenvalue weighted by atomic mass is 9.93. The third-order valence-corrected chi connectivity index (χ3v) is 6.18. The molecule has 27 heavy (non-hydrogen) atoms. The number of hydrogen-bond acceptors (Lipinski definition) is 2. The second kappa shape index (κ2) is 5.78. The van der Waals surface area contributed by atoms with Crippen LogP contribution in [0.15, 0.2) is 42.5 Å². The Balaban J connectivity index is 1.60. The van der Waals surface area contributed by atoms with E-state index in [1.807, 2.05) is 30.0 Å². The fraction of sp³-hybridized carbons (Fsp3) is 0.200. The number of nitrogens with zero attached hydrogens (tertiary/aromatic N) is 2. The molecule has 1 aromatic heterocycles. The summed E-state index contributed by atoms with van der Waals surface area (Å²) in [7, 11) is 0. The van der Waals surface area contributed by atoms with E-state index >= 15 is 0 Å². The third kappa shape index (κ3) is 2.26. The number of nitrogens with one attached hydrogen (secondary N) is 1. The molecule has 0 spiro atoms. The Morgan fingerprint density at radius 1 is 1.26 bits per heavy atom. The van der Waals surface area contributed by atoms with Crippen molar-refractivity contribution in [3.05, 3.63) is 64.6 Å². The van der Waals surface area contributed by atoms with E-state index in [1.165, 1.54) is 23.1 Å². The van der Waals surface area contributed by atoms with Gasteiger partial charge in [0.25, 0.3) is 5.91 Å². The van der Waals surface area contributed by atoms with Crippen molar-refractivity contribution in [2.75, 3.05) is 4.90 Å². The van der Waals surface area contributed by atoms with Crippen LogP contribution in [0.5, 0.6) is 0 Å². The summed E-state index contributed by atoms with van der Waals surface area (Å²) in [6, 6.07) is 11.9. The highest BCUT2D eigenvalue weighted by Crippen LogP contribution is 2.42. The van der Waals surface area contributed by atoms with Crippen molar-refractivity contribution in [2.45, 2.75) is 25.4 Å². The zero-order valence-electron chi connectivity index (χ0n) is 14.4. The van der Waals surface area contributed by atoms with Crippen molar-refractivity contribution in [3.63, 3.8) is 0 Å². The highest BCUT2D eigenvalue weighted by molar-refractivity contribution is 7.80. The van der Waals surface area contributed by atoms with Gasteiger partial charge in [-0.2, -0.15) is 0 Å². The molecule has 2 atom stereocenters. The monoisotopic (exact) mass is 399 g/mol. The highest BCUT2D eigenvalue weighted by Gasteiger charge is 2.49. The molecule has 136 valence electrons. The number of para-hydroxylation sites is 1. The molecule has 1 fully saturated rings. The number of rotatable bonds is 1. The predicted octanol–water partition coefficient (Wildman–Crippen LogP) is 4.58. The molecule has 2 unspecified atom stereocenters. The van der Waals surface area contributed by atoms with Crippen molar-refractivity contribution in [3.8, 4) is 0 Å². The van der Waals surface area contributed by atoms with Gasteiger partial charge in [-0.1, -0.05) is 29.8 Å². The first-order chi connectivity index (χ1) is 13.0. The third-order valence-electron chi connectivity index (χ3n) is 5.49. The van der Waals surface area contributed by atoms with Crippen LogP contribution >= 0.6 is 23.8 Å². The van der Waals surface area contributed by atoms with E-state index in [-0.39, 0.29) is 23.0 Å². The first kappa shape index (κ1) is 16.7. The molecule has 3 aromatic rings. The van der Waals surface area contributed by atoms with Gasteiger partial charge in [0.2, 0.25) is 0 Å². The summed E-state index contributed by atoms with van der Waals surface area (Å²) in [5.74, 6) is -0.629. The Kier molecular flexibility index (Phi) is 3.58. The Labute approximate surface area is 165 Å². The maximum atomic E-state index is 13.5. The predicted molar refractivity (Wildman–Crippen MR) is 108 cm³/mol. The molecule has 5 rings (SSSR count). The Hall–Kier alpha value is -2.44. The molecule has 0 radical (unpaired) electrons. The minimum atomic E-state index is -0.523. The number of fused-ring (bicyclic) bond motifs is 4. The number of anilines is 1. The summed E-state index contributed by atoms with van der Waals surface area (Å²) in [5.41, 5.74) is 3.80. The van der Waals surface area contributed by atoms with Gasteiger partial charge in [-0.05, 0) is 49.0 Å². The summed E-state index contributed by atoms with van der Waals surface area (Å²) in [6.07, 6.45) is 0.577. The average molecular weight is 400 g/mol. The van der Waals surface area contributed by atoms with Crippen molar-refractivity contribution >= 4 is 51.4 Å². The molecule has 0 bridgehead atoms. The van der Waals surface area contributed by atoms with Crippen LogP contribution in [-0.4, -0.2) is 26.9 Å². The van der Waals surface area contributed by atoms with E-state index < -0.39 is 5.82 Å². The number of carbonyl (C=O) groups excluding carboxylic acids is 1. The minimum Gasteiger partial charge on any atom is -0.356 e. The summed E-state index contributed by atoms with van der Waals surface area (Å²) < 4.78 is 13.5. The van der Waals surface area contributed by atoms with E-state index in [0.717, 1.165) is 22.2 Å². The van der Waals surface area contributed by atoms with Crippen molar-refractivity contribution in [1.29, 1.82) is 0 Å². The van der Waals surface area contributed by atoms with Gasteiger partial charge in [0.05, 0.1) is 16.8 Å². The van der Waals surface area contributed by atoms with Crippen LogP contribution in [0, 0.1) is 5.82 Å². The fourth-order valence-corrected chi connectivity index (χ4v) is 4.88. The maximum absolute atomic E-state index is 13.5. The number of H-pyrrole nitrogens is 1. The van der Waals surface area contributed by atoms with E-state index in [0.29, 0.717) is 17.2 Å². The maximum Gasteiger partial charge on any atom is 0.256 e. The molecule has 4 nitrogen and oxygen atoms in total. The van der Waals surface area contributed by atoms with Gasteiger partial charge >= 0.3 is 0 Å². The Morgan fingerprint density at radius 3 is 2.81 bits per heavy atom. The van der Waals surface area contributed by atoms with Crippen molar-refractivity contribution in [2.24, 2.45) is 0 Å². The number of carbonyl (C=O) groups is 1. The number of amides is 1. The van der Waals surface area contributed by atoms with Crippen LogP contribution in [0.3, 0.4) is 0 Å².